The van der Waals surface area contributed by atoms with Crippen molar-refractivity contribution in [1.29, 1.82) is 0 Å². The van der Waals surface area contributed by atoms with Crippen LogP contribution >= 0.6 is 24.0 Å². The highest BCUT2D eigenvalue weighted by atomic mass is 35.5. The lowest BCUT2D eigenvalue weighted by Gasteiger charge is -2.01. The first-order valence-electron chi connectivity index (χ1n) is 6.53. The van der Waals surface area contributed by atoms with Crippen LogP contribution < -0.4 is 0 Å². The van der Waals surface area contributed by atoms with Gasteiger partial charge in [0.15, 0.2) is 0 Å². The van der Waals surface area contributed by atoms with E-state index in [2.05, 4.69) is 47.5 Å². The number of rotatable bonds is 3. The van der Waals surface area contributed by atoms with Crippen LogP contribution in [0.25, 0.3) is 23.1 Å². The van der Waals surface area contributed by atoms with Gasteiger partial charge in [-0.25, -0.2) is 0 Å². The molecule has 0 saturated heterocycles. The smallest absolute Gasteiger partial charge is 0.0707 e. The van der Waals surface area contributed by atoms with Crippen LogP contribution in [0.4, 0.5) is 0 Å². The summed E-state index contributed by atoms with van der Waals surface area (Å²) in [5, 5.41) is 1.17. The minimum absolute atomic E-state index is 0. The minimum atomic E-state index is 0. The quantitative estimate of drug-likeness (QED) is 0.576. The Morgan fingerprint density at radius 2 is 1.67 bits per heavy atom. The van der Waals surface area contributed by atoms with Crippen LogP contribution in [-0.4, -0.2) is 4.98 Å². The van der Waals surface area contributed by atoms with E-state index in [9.17, 15) is 0 Å². The van der Waals surface area contributed by atoms with Crippen LogP contribution in [0.5, 0.6) is 0 Å². The zero-order chi connectivity index (χ0) is 13.8. The van der Waals surface area contributed by atoms with E-state index in [4.69, 9.17) is 11.6 Å². The van der Waals surface area contributed by atoms with Crippen LogP contribution in [0.15, 0.2) is 60.8 Å². The second-order valence-electron chi connectivity index (χ2n) is 4.63. The fraction of sp³-hybridized carbons (Fsp3) is 0.0556. The summed E-state index contributed by atoms with van der Waals surface area (Å²) in [6, 6.07) is 18.5. The molecule has 0 saturated carbocycles. The lowest BCUT2D eigenvalue weighted by Crippen LogP contribution is -1.82. The lowest BCUT2D eigenvalue weighted by atomic mass is 10.1. The molecule has 0 N–H and O–H groups in total. The Balaban J connectivity index is 0.00000161. The molecule has 106 valence electrons. The van der Waals surface area contributed by atoms with E-state index in [1.807, 2.05) is 30.5 Å². The Bertz CT molecular complexity index is 743. The average molecular weight is 316 g/mol. The molecule has 3 rings (SSSR count). The summed E-state index contributed by atoms with van der Waals surface area (Å²) in [6.07, 6.45) is 6.08. The molecule has 0 bridgehead atoms. The van der Waals surface area contributed by atoms with Crippen molar-refractivity contribution < 1.29 is 0 Å². The van der Waals surface area contributed by atoms with E-state index < -0.39 is 0 Å². The minimum Gasteiger partial charge on any atom is -0.256 e. The Hall–Kier alpha value is -1.83. The number of alkyl halides is 1. The Labute approximate surface area is 135 Å². The number of hydrogen-bond donors (Lipinski definition) is 0. The summed E-state index contributed by atoms with van der Waals surface area (Å²) in [5.74, 6) is 0.555. The molecule has 0 spiro atoms. The number of nitrogens with zero attached hydrogens (tertiary/aromatic N) is 1. The Morgan fingerprint density at radius 1 is 0.905 bits per heavy atom. The van der Waals surface area contributed by atoms with Crippen molar-refractivity contribution in [2.24, 2.45) is 0 Å². The van der Waals surface area contributed by atoms with Gasteiger partial charge in [-0.15, -0.1) is 24.0 Å². The zero-order valence-corrected chi connectivity index (χ0v) is 12.9. The van der Waals surface area contributed by atoms with Crippen molar-refractivity contribution in [3.05, 3.63) is 77.5 Å². The van der Waals surface area contributed by atoms with Crippen molar-refractivity contribution in [3.8, 4) is 0 Å². The van der Waals surface area contributed by atoms with E-state index in [0.29, 0.717) is 5.88 Å². The van der Waals surface area contributed by atoms with E-state index in [0.717, 1.165) is 11.1 Å². The average Bonchev–Trinajstić information content (AvgIpc) is 2.53. The third-order valence-corrected chi connectivity index (χ3v) is 3.58. The third kappa shape index (κ3) is 3.63. The SMILES string of the molecule is Cl.ClCc1ccc(C=Cc2ccnc3ccccc23)cc1. The maximum absolute atomic E-state index is 5.79. The number of benzene rings is 2. The third-order valence-electron chi connectivity index (χ3n) is 3.27. The van der Waals surface area contributed by atoms with Crippen LogP contribution in [0.3, 0.4) is 0 Å². The lowest BCUT2D eigenvalue weighted by molar-refractivity contribution is 1.40. The first kappa shape index (κ1) is 15.6. The Morgan fingerprint density at radius 3 is 2.43 bits per heavy atom. The monoisotopic (exact) mass is 315 g/mol. The van der Waals surface area contributed by atoms with Gasteiger partial charge in [0.05, 0.1) is 5.52 Å². The Kier molecular flexibility index (Phi) is 5.38. The summed E-state index contributed by atoms with van der Waals surface area (Å²) in [6.45, 7) is 0. The summed E-state index contributed by atoms with van der Waals surface area (Å²) in [4.78, 5) is 4.37. The molecule has 3 aromatic rings. The topological polar surface area (TPSA) is 12.9 Å². The van der Waals surface area contributed by atoms with Gasteiger partial charge < -0.3 is 0 Å². The van der Waals surface area contributed by atoms with Gasteiger partial charge in [-0.3, -0.25) is 4.98 Å². The molecule has 0 amide bonds. The normalized spacial score (nSPS) is 10.7. The zero-order valence-electron chi connectivity index (χ0n) is 11.4. The number of hydrogen-bond acceptors (Lipinski definition) is 1. The van der Waals surface area contributed by atoms with Crippen LogP contribution in [0.1, 0.15) is 16.7 Å². The number of pyridine rings is 1. The summed E-state index contributed by atoms with van der Waals surface area (Å²) in [7, 11) is 0. The van der Waals surface area contributed by atoms with E-state index in [1.165, 1.54) is 16.5 Å². The van der Waals surface area contributed by atoms with Crippen molar-refractivity contribution >= 4 is 47.1 Å². The molecule has 0 aliphatic heterocycles. The van der Waals surface area contributed by atoms with Gasteiger partial charge >= 0.3 is 0 Å². The predicted octanol–water partition coefficient (Wildman–Crippen LogP) is 5.57. The molecule has 0 aliphatic carbocycles. The van der Waals surface area contributed by atoms with Gasteiger partial charge in [0.2, 0.25) is 0 Å². The molecule has 21 heavy (non-hydrogen) atoms. The van der Waals surface area contributed by atoms with Crippen molar-refractivity contribution in [3.63, 3.8) is 0 Å². The molecule has 3 heteroatoms. The van der Waals surface area contributed by atoms with Crippen molar-refractivity contribution in [1.82, 2.24) is 4.98 Å². The highest BCUT2D eigenvalue weighted by Crippen LogP contribution is 2.19. The second-order valence-corrected chi connectivity index (χ2v) is 4.89. The molecule has 1 aromatic heterocycles. The number of aromatic nitrogens is 1. The van der Waals surface area contributed by atoms with E-state index >= 15 is 0 Å². The molecule has 0 aliphatic rings. The highest BCUT2D eigenvalue weighted by molar-refractivity contribution is 6.17. The standard InChI is InChI=1S/C18H14ClN.ClH/c19-13-15-7-5-14(6-8-15)9-10-16-11-12-20-18-4-2-1-3-17(16)18;/h1-12H,13H2;1H. The number of fused-ring (bicyclic) bond motifs is 1. The second kappa shape index (κ2) is 7.26. The van der Waals surface area contributed by atoms with Crippen molar-refractivity contribution in [2.75, 3.05) is 0 Å². The number of para-hydroxylation sites is 1. The molecule has 2 aromatic carbocycles. The molecule has 0 fully saturated rings. The highest BCUT2D eigenvalue weighted by Gasteiger charge is 1.97. The fourth-order valence-electron chi connectivity index (χ4n) is 2.17. The molecule has 1 heterocycles. The molecule has 0 atom stereocenters. The van der Waals surface area contributed by atoms with Crippen LogP contribution in [0.2, 0.25) is 0 Å². The van der Waals surface area contributed by atoms with Crippen molar-refractivity contribution in [2.45, 2.75) is 5.88 Å². The number of halogens is 2. The molecule has 0 unspecified atom stereocenters. The molecular weight excluding hydrogens is 301 g/mol. The van der Waals surface area contributed by atoms with Gasteiger partial charge in [-0.05, 0) is 28.8 Å². The molecule has 0 radical (unpaired) electrons. The van der Waals surface area contributed by atoms with Gasteiger partial charge in [-0.1, -0.05) is 54.6 Å². The first-order valence-corrected chi connectivity index (χ1v) is 7.07. The summed E-state index contributed by atoms with van der Waals surface area (Å²) < 4.78 is 0. The largest absolute Gasteiger partial charge is 0.256 e. The van der Waals surface area contributed by atoms with Crippen LogP contribution in [0, 0.1) is 0 Å². The van der Waals surface area contributed by atoms with E-state index in [-0.39, 0.29) is 12.4 Å². The fourth-order valence-corrected chi connectivity index (χ4v) is 2.35. The van der Waals surface area contributed by atoms with Gasteiger partial charge in [0.25, 0.3) is 0 Å². The molecule has 1 nitrogen and oxygen atoms in total. The molecular formula is C18H15Cl2N. The van der Waals surface area contributed by atoms with Gasteiger partial charge in [-0.2, -0.15) is 0 Å². The van der Waals surface area contributed by atoms with Gasteiger partial charge in [0.1, 0.15) is 0 Å². The predicted molar refractivity (Wildman–Crippen MR) is 93.9 cm³/mol. The van der Waals surface area contributed by atoms with Crippen LogP contribution in [-0.2, 0) is 5.88 Å². The first-order chi connectivity index (χ1) is 9.86. The van der Waals surface area contributed by atoms with E-state index in [1.54, 1.807) is 0 Å². The summed E-state index contributed by atoms with van der Waals surface area (Å²) >= 11 is 5.79. The van der Waals surface area contributed by atoms with Gasteiger partial charge in [0, 0.05) is 17.5 Å². The maximum atomic E-state index is 5.79. The maximum Gasteiger partial charge on any atom is 0.0707 e. The summed E-state index contributed by atoms with van der Waals surface area (Å²) in [5.41, 5.74) is 4.50.